The number of halogens is 1. The van der Waals surface area contributed by atoms with Crippen molar-refractivity contribution >= 4 is 33.2 Å². The van der Waals surface area contributed by atoms with Gasteiger partial charge in [0.15, 0.2) is 0 Å². The molecular weight excluding hydrogens is 348 g/mol. The van der Waals surface area contributed by atoms with Crippen molar-refractivity contribution in [1.29, 1.82) is 0 Å². The number of anilines is 1. The lowest BCUT2D eigenvalue weighted by atomic mass is 10.1. The van der Waals surface area contributed by atoms with Crippen molar-refractivity contribution in [1.82, 2.24) is 4.31 Å². The topological polar surface area (TPSA) is 66.5 Å². The van der Waals surface area contributed by atoms with Crippen LogP contribution in [0.1, 0.15) is 21.5 Å². The molecule has 0 aliphatic heterocycles. The summed E-state index contributed by atoms with van der Waals surface area (Å²) in [5.74, 6) is -0.379. The van der Waals surface area contributed by atoms with E-state index in [9.17, 15) is 13.2 Å². The molecule has 0 saturated heterocycles. The number of carbonyl (C=O) groups is 1. The minimum Gasteiger partial charge on any atom is -0.322 e. The first kappa shape index (κ1) is 18.4. The van der Waals surface area contributed by atoms with Crippen molar-refractivity contribution in [2.45, 2.75) is 18.7 Å². The van der Waals surface area contributed by atoms with E-state index in [1.165, 1.54) is 20.2 Å². The molecule has 0 radical (unpaired) electrons. The molecule has 0 aliphatic carbocycles. The predicted molar refractivity (Wildman–Crippen MR) is 96.2 cm³/mol. The average Bonchev–Trinajstić information content (AvgIpc) is 2.51. The third kappa shape index (κ3) is 3.77. The highest BCUT2D eigenvalue weighted by molar-refractivity contribution is 7.89. The van der Waals surface area contributed by atoms with Gasteiger partial charge < -0.3 is 5.32 Å². The SMILES string of the molecule is Cc1cc(C(=O)Nc2ccc(Cl)cc2)cc(S(=O)(=O)N(C)C)c1C. The molecule has 0 fully saturated rings. The first-order valence-corrected chi connectivity index (χ1v) is 9.05. The number of nitrogens with zero attached hydrogens (tertiary/aromatic N) is 1. The van der Waals surface area contributed by atoms with Gasteiger partial charge in [-0.2, -0.15) is 0 Å². The van der Waals surface area contributed by atoms with Crippen LogP contribution in [0.25, 0.3) is 0 Å². The van der Waals surface area contributed by atoms with Gasteiger partial charge in [-0.05, 0) is 61.4 Å². The van der Waals surface area contributed by atoms with E-state index in [4.69, 9.17) is 11.6 Å². The normalized spacial score (nSPS) is 11.6. The third-order valence-corrected chi connectivity index (χ3v) is 5.94. The van der Waals surface area contributed by atoms with Crippen LogP contribution in [0.3, 0.4) is 0 Å². The van der Waals surface area contributed by atoms with E-state index in [2.05, 4.69) is 5.32 Å². The molecule has 1 N–H and O–H groups in total. The number of hydrogen-bond acceptors (Lipinski definition) is 3. The van der Waals surface area contributed by atoms with E-state index in [1.807, 2.05) is 0 Å². The number of hydrogen-bond donors (Lipinski definition) is 1. The molecule has 0 aromatic heterocycles. The Morgan fingerprint density at radius 3 is 2.21 bits per heavy atom. The van der Waals surface area contributed by atoms with Gasteiger partial charge in [-0.1, -0.05) is 11.6 Å². The Hall–Kier alpha value is -1.89. The van der Waals surface area contributed by atoms with Gasteiger partial charge in [-0.15, -0.1) is 0 Å². The molecule has 2 aromatic carbocycles. The van der Waals surface area contributed by atoms with Crippen LogP contribution >= 0.6 is 11.6 Å². The standard InChI is InChI=1S/C17H19ClN2O3S/c1-11-9-13(10-16(12(11)2)24(22,23)20(3)4)17(21)19-15-7-5-14(18)6-8-15/h5-10H,1-4H3,(H,19,21). The molecule has 128 valence electrons. The second kappa shape index (κ2) is 6.93. The molecule has 0 atom stereocenters. The van der Waals surface area contributed by atoms with E-state index in [-0.39, 0.29) is 16.4 Å². The fourth-order valence-electron chi connectivity index (χ4n) is 2.16. The smallest absolute Gasteiger partial charge is 0.255 e. The van der Waals surface area contributed by atoms with E-state index in [0.717, 1.165) is 9.87 Å². The Morgan fingerprint density at radius 2 is 1.67 bits per heavy atom. The van der Waals surface area contributed by atoms with Gasteiger partial charge in [0.05, 0.1) is 4.90 Å². The summed E-state index contributed by atoms with van der Waals surface area (Å²) >= 11 is 5.82. The summed E-state index contributed by atoms with van der Waals surface area (Å²) in [5.41, 5.74) is 2.24. The Bertz CT molecular complexity index is 875. The molecule has 0 heterocycles. The molecule has 2 aromatic rings. The summed E-state index contributed by atoms with van der Waals surface area (Å²) < 4.78 is 26.0. The van der Waals surface area contributed by atoms with Gasteiger partial charge in [0.25, 0.3) is 5.91 Å². The number of nitrogens with one attached hydrogen (secondary N) is 1. The Labute approximate surface area is 147 Å². The van der Waals surface area contributed by atoms with Crippen molar-refractivity contribution in [2.24, 2.45) is 0 Å². The van der Waals surface area contributed by atoms with E-state index >= 15 is 0 Å². The van der Waals surface area contributed by atoms with Crippen LogP contribution in [0.4, 0.5) is 5.69 Å². The zero-order chi connectivity index (χ0) is 18.1. The second-order valence-electron chi connectivity index (χ2n) is 5.66. The molecule has 24 heavy (non-hydrogen) atoms. The lowest BCUT2D eigenvalue weighted by Gasteiger charge is -2.16. The number of carbonyl (C=O) groups excluding carboxylic acids is 1. The number of benzene rings is 2. The van der Waals surface area contributed by atoms with E-state index < -0.39 is 10.0 Å². The summed E-state index contributed by atoms with van der Waals surface area (Å²) in [7, 11) is -0.703. The first-order valence-electron chi connectivity index (χ1n) is 7.23. The van der Waals surface area contributed by atoms with Crippen LogP contribution in [-0.2, 0) is 10.0 Å². The van der Waals surface area contributed by atoms with Crippen molar-refractivity contribution in [3.63, 3.8) is 0 Å². The number of sulfonamides is 1. The number of rotatable bonds is 4. The summed E-state index contributed by atoms with van der Waals surface area (Å²) in [6, 6.07) is 9.77. The van der Waals surface area contributed by atoms with Gasteiger partial charge >= 0.3 is 0 Å². The maximum absolute atomic E-state index is 12.5. The molecule has 0 unspecified atom stereocenters. The van der Waals surface area contributed by atoms with Gasteiger partial charge in [-0.3, -0.25) is 4.79 Å². The molecule has 2 rings (SSSR count). The number of aryl methyl sites for hydroxylation is 1. The maximum Gasteiger partial charge on any atom is 0.255 e. The maximum atomic E-state index is 12.5. The molecule has 0 saturated carbocycles. The molecule has 0 aliphatic rings. The van der Waals surface area contributed by atoms with Crippen molar-refractivity contribution in [2.75, 3.05) is 19.4 Å². The fourth-order valence-corrected chi connectivity index (χ4v) is 3.50. The molecule has 0 bridgehead atoms. The van der Waals surface area contributed by atoms with Crippen molar-refractivity contribution < 1.29 is 13.2 Å². The highest BCUT2D eigenvalue weighted by atomic mass is 35.5. The predicted octanol–water partition coefficient (Wildman–Crippen LogP) is 3.46. The van der Waals surface area contributed by atoms with Gasteiger partial charge in [-0.25, -0.2) is 12.7 Å². The summed E-state index contributed by atoms with van der Waals surface area (Å²) in [5, 5.41) is 3.30. The summed E-state index contributed by atoms with van der Waals surface area (Å²) in [6.45, 7) is 3.51. The molecule has 5 nitrogen and oxygen atoms in total. The third-order valence-electron chi connectivity index (χ3n) is 3.74. The van der Waals surface area contributed by atoms with Crippen molar-refractivity contribution in [3.05, 3.63) is 58.1 Å². The van der Waals surface area contributed by atoms with Crippen LogP contribution in [0.15, 0.2) is 41.3 Å². The lowest BCUT2D eigenvalue weighted by molar-refractivity contribution is 0.102. The van der Waals surface area contributed by atoms with Crippen LogP contribution in [0, 0.1) is 13.8 Å². The highest BCUT2D eigenvalue weighted by Crippen LogP contribution is 2.24. The van der Waals surface area contributed by atoms with Crippen LogP contribution in [0.2, 0.25) is 5.02 Å². The van der Waals surface area contributed by atoms with Gasteiger partial charge in [0.1, 0.15) is 0 Å². The van der Waals surface area contributed by atoms with Gasteiger partial charge in [0.2, 0.25) is 10.0 Å². The Balaban J connectivity index is 2.42. The second-order valence-corrected chi connectivity index (χ2v) is 8.22. The lowest BCUT2D eigenvalue weighted by Crippen LogP contribution is -2.24. The van der Waals surface area contributed by atoms with Crippen molar-refractivity contribution in [3.8, 4) is 0 Å². The summed E-state index contributed by atoms with van der Waals surface area (Å²) in [4.78, 5) is 12.6. The number of amides is 1. The Kier molecular flexibility index (Phi) is 5.32. The largest absolute Gasteiger partial charge is 0.322 e. The zero-order valence-corrected chi connectivity index (χ0v) is 15.5. The Morgan fingerprint density at radius 1 is 1.08 bits per heavy atom. The fraction of sp³-hybridized carbons (Fsp3) is 0.235. The quantitative estimate of drug-likeness (QED) is 0.901. The minimum absolute atomic E-state index is 0.133. The van der Waals surface area contributed by atoms with Crippen LogP contribution in [0.5, 0.6) is 0 Å². The highest BCUT2D eigenvalue weighted by Gasteiger charge is 2.23. The van der Waals surface area contributed by atoms with Crippen LogP contribution < -0.4 is 5.32 Å². The zero-order valence-electron chi connectivity index (χ0n) is 13.9. The van der Waals surface area contributed by atoms with Gasteiger partial charge in [0, 0.05) is 30.4 Å². The molecular formula is C17H19ClN2O3S. The van der Waals surface area contributed by atoms with E-state index in [0.29, 0.717) is 16.3 Å². The monoisotopic (exact) mass is 366 g/mol. The molecule has 0 spiro atoms. The van der Waals surface area contributed by atoms with Crippen LogP contribution in [-0.4, -0.2) is 32.7 Å². The minimum atomic E-state index is -3.63. The van der Waals surface area contributed by atoms with E-state index in [1.54, 1.807) is 44.2 Å². The first-order chi connectivity index (χ1) is 11.1. The molecule has 1 amide bonds. The average molecular weight is 367 g/mol. The molecule has 7 heteroatoms. The summed E-state index contributed by atoms with van der Waals surface area (Å²) in [6.07, 6.45) is 0.